The Hall–Kier alpha value is -1.76. The van der Waals surface area contributed by atoms with E-state index in [9.17, 15) is 18.3 Å². The van der Waals surface area contributed by atoms with Gasteiger partial charge in [0.25, 0.3) is 0 Å². The smallest absolute Gasteiger partial charge is 0.410 e. The molecule has 0 aromatic heterocycles. The third-order valence-electron chi connectivity index (χ3n) is 3.10. The van der Waals surface area contributed by atoms with Gasteiger partial charge in [-0.1, -0.05) is 0 Å². The summed E-state index contributed by atoms with van der Waals surface area (Å²) in [6.45, 7) is 5.52. The van der Waals surface area contributed by atoms with Crippen molar-refractivity contribution in [1.29, 1.82) is 0 Å². The summed E-state index contributed by atoms with van der Waals surface area (Å²) in [5.74, 6) is 0.0120. The Bertz CT molecular complexity index is 624. The van der Waals surface area contributed by atoms with Gasteiger partial charge >= 0.3 is 6.09 Å². The molecule has 116 valence electrons. The predicted octanol–water partition coefficient (Wildman–Crippen LogP) is 1.79. The van der Waals surface area contributed by atoms with Gasteiger partial charge in [0, 0.05) is 13.1 Å². The number of nitrogens with zero attached hydrogens (tertiary/aromatic N) is 1. The van der Waals surface area contributed by atoms with E-state index in [0.29, 0.717) is 0 Å². The van der Waals surface area contributed by atoms with Crippen molar-refractivity contribution in [3.05, 3.63) is 24.3 Å². The van der Waals surface area contributed by atoms with Gasteiger partial charge in [-0.15, -0.1) is 0 Å². The van der Waals surface area contributed by atoms with Gasteiger partial charge in [0.1, 0.15) is 16.6 Å². The number of rotatable bonds is 2. The van der Waals surface area contributed by atoms with E-state index in [1.165, 1.54) is 29.2 Å². The molecule has 1 aliphatic rings. The summed E-state index contributed by atoms with van der Waals surface area (Å²) in [4.78, 5) is 13.3. The Morgan fingerprint density at radius 3 is 2.24 bits per heavy atom. The van der Waals surface area contributed by atoms with Crippen molar-refractivity contribution >= 4 is 15.9 Å². The first-order valence-corrected chi connectivity index (χ1v) is 8.15. The first-order chi connectivity index (χ1) is 9.59. The first kappa shape index (κ1) is 15.6. The van der Waals surface area contributed by atoms with E-state index in [1.807, 2.05) is 0 Å². The Labute approximate surface area is 124 Å². The average Bonchev–Trinajstić information content (AvgIpc) is 2.24. The fraction of sp³-hybridized carbons (Fsp3) is 0.500. The number of benzene rings is 1. The lowest BCUT2D eigenvalue weighted by atomic mass is 10.2. The standard InChI is InChI=1S/C14H19NO5S/c1-14(2,3)20-13(17)15-8-12(9-15)21(18,19)11-6-4-10(16)5-7-11/h4-7,12,16H,8-9H2,1-3H3. The Morgan fingerprint density at radius 2 is 1.76 bits per heavy atom. The van der Waals surface area contributed by atoms with Crippen LogP contribution in [0.1, 0.15) is 20.8 Å². The van der Waals surface area contributed by atoms with E-state index in [-0.39, 0.29) is 23.7 Å². The van der Waals surface area contributed by atoms with Crippen LogP contribution >= 0.6 is 0 Å². The number of hydrogen-bond acceptors (Lipinski definition) is 5. The Kier molecular flexibility index (Phi) is 3.88. The molecule has 6 nitrogen and oxygen atoms in total. The minimum Gasteiger partial charge on any atom is -0.508 e. The molecule has 7 heteroatoms. The van der Waals surface area contributed by atoms with Crippen LogP contribution in [0.15, 0.2) is 29.2 Å². The van der Waals surface area contributed by atoms with Gasteiger partial charge in [-0.3, -0.25) is 0 Å². The molecular formula is C14H19NO5S. The second-order valence-electron chi connectivity index (χ2n) is 6.05. The largest absolute Gasteiger partial charge is 0.508 e. The van der Waals surface area contributed by atoms with Gasteiger partial charge in [0.2, 0.25) is 0 Å². The van der Waals surface area contributed by atoms with Gasteiger partial charge in [-0.25, -0.2) is 13.2 Å². The molecule has 0 aliphatic carbocycles. The number of carbonyl (C=O) groups is 1. The van der Waals surface area contributed by atoms with Crippen molar-refractivity contribution in [3.63, 3.8) is 0 Å². The molecule has 1 amide bonds. The van der Waals surface area contributed by atoms with Crippen LogP contribution in [0.3, 0.4) is 0 Å². The number of aromatic hydroxyl groups is 1. The van der Waals surface area contributed by atoms with E-state index in [0.717, 1.165) is 0 Å². The van der Waals surface area contributed by atoms with Crippen molar-refractivity contribution in [3.8, 4) is 5.75 Å². The molecule has 1 aliphatic heterocycles. The molecular weight excluding hydrogens is 294 g/mol. The summed E-state index contributed by atoms with van der Waals surface area (Å²) < 4.78 is 29.8. The molecule has 1 N–H and O–H groups in total. The second kappa shape index (κ2) is 5.22. The van der Waals surface area contributed by atoms with Crippen LogP contribution in [0.5, 0.6) is 5.75 Å². The average molecular weight is 313 g/mol. The maximum absolute atomic E-state index is 12.3. The van der Waals surface area contributed by atoms with E-state index in [1.54, 1.807) is 20.8 Å². The topological polar surface area (TPSA) is 83.9 Å². The zero-order chi connectivity index (χ0) is 15.8. The number of phenols is 1. The lowest BCUT2D eigenvalue weighted by Gasteiger charge is -2.39. The SMILES string of the molecule is CC(C)(C)OC(=O)N1CC(S(=O)(=O)c2ccc(O)cc2)C1. The highest BCUT2D eigenvalue weighted by Crippen LogP contribution is 2.26. The van der Waals surface area contributed by atoms with Crippen LogP contribution in [0.2, 0.25) is 0 Å². The molecule has 21 heavy (non-hydrogen) atoms. The number of carbonyl (C=O) groups excluding carboxylic acids is 1. The molecule has 1 fully saturated rings. The fourth-order valence-corrected chi connectivity index (χ4v) is 3.59. The van der Waals surface area contributed by atoms with Crippen molar-refractivity contribution in [2.24, 2.45) is 0 Å². The lowest BCUT2D eigenvalue weighted by Crippen LogP contribution is -2.57. The fourth-order valence-electron chi connectivity index (χ4n) is 1.94. The molecule has 0 unspecified atom stereocenters. The third kappa shape index (κ3) is 3.47. The normalized spacial score (nSPS) is 16.4. The van der Waals surface area contributed by atoms with Crippen LogP contribution < -0.4 is 0 Å². The Balaban J connectivity index is 2.00. The number of ether oxygens (including phenoxy) is 1. The molecule has 0 atom stereocenters. The van der Waals surface area contributed by atoms with Gasteiger partial charge in [0.05, 0.1) is 4.90 Å². The van der Waals surface area contributed by atoms with E-state index < -0.39 is 26.8 Å². The summed E-state index contributed by atoms with van der Waals surface area (Å²) in [7, 11) is -3.49. The minimum absolute atomic E-state index is 0.0120. The van der Waals surface area contributed by atoms with Crippen LogP contribution in [-0.2, 0) is 14.6 Å². The highest BCUT2D eigenvalue weighted by molar-refractivity contribution is 7.92. The zero-order valence-electron chi connectivity index (χ0n) is 12.2. The molecule has 0 bridgehead atoms. The van der Waals surface area contributed by atoms with Crippen LogP contribution in [0, 0.1) is 0 Å². The maximum Gasteiger partial charge on any atom is 0.410 e. The molecule has 1 saturated heterocycles. The summed E-state index contributed by atoms with van der Waals surface area (Å²) in [5, 5.41) is 8.56. The van der Waals surface area contributed by atoms with Gasteiger partial charge in [-0.05, 0) is 45.0 Å². The summed E-state index contributed by atoms with van der Waals surface area (Å²) in [6, 6.07) is 5.38. The molecule has 0 radical (unpaired) electrons. The second-order valence-corrected chi connectivity index (χ2v) is 8.27. The number of sulfone groups is 1. The molecule has 0 saturated carbocycles. The summed E-state index contributed by atoms with van der Waals surface area (Å²) >= 11 is 0. The highest BCUT2D eigenvalue weighted by atomic mass is 32.2. The number of phenolic OH excluding ortho intramolecular Hbond substituents is 1. The summed E-state index contributed by atoms with van der Waals surface area (Å²) in [6.07, 6.45) is -0.500. The van der Waals surface area contributed by atoms with E-state index >= 15 is 0 Å². The number of amides is 1. The quantitative estimate of drug-likeness (QED) is 0.900. The Morgan fingerprint density at radius 1 is 1.24 bits per heavy atom. The van der Waals surface area contributed by atoms with Gasteiger partial charge in [-0.2, -0.15) is 0 Å². The lowest BCUT2D eigenvalue weighted by molar-refractivity contribution is 0.0139. The van der Waals surface area contributed by atoms with Crippen molar-refractivity contribution < 1.29 is 23.1 Å². The molecule has 0 spiro atoms. The molecule has 1 aromatic rings. The van der Waals surface area contributed by atoms with Gasteiger partial charge < -0.3 is 14.7 Å². The molecule has 1 heterocycles. The third-order valence-corrected chi connectivity index (χ3v) is 5.21. The van der Waals surface area contributed by atoms with E-state index in [2.05, 4.69) is 0 Å². The van der Waals surface area contributed by atoms with E-state index in [4.69, 9.17) is 4.74 Å². The maximum atomic E-state index is 12.3. The summed E-state index contributed by atoms with van der Waals surface area (Å²) in [5.41, 5.74) is -0.599. The number of likely N-dealkylation sites (tertiary alicyclic amines) is 1. The van der Waals surface area contributed by atoms with Crippen LogP contribution in [-0.4, -0.2) is 48.5 Å². The molecule has 2 rings (SSSR count). The number of hydrogen-bond donors (Lipinski definition) is 1. The predicted molar refractivity (Wildman–Crippen MR) is 76.9 cm³/mol. The first-order valence-electron chi connectivity index (χ1n) is 6.60. The minimum atomic E-state index is -3.49. The highest BCUT2D eigenvalue weighted by Gasteiger charge is 2.42. The van der Waals surface area contributed by atoms with Crippen molar-refractivity contribution in [1.82, 2.24) is 4.90 Å². The van der Waals surface area contributed by atoms with Gasteiger partial charge in [0.15, 0.2) is 9.84 Å². The monoisotopic (exact) mass is 313 g/mol. The van der Waals surface area contributed by atoms with Crippen molar-refractivity contribution in [2.45, 2.75) is 36.5 Å². The van der Waals surface area contributed by atoms with Crippen molar-refractivity contribution in [2.75, 3.05) is 13.1 Å². The van der Waals surface area contributed by atoms with Crippen LogP contribution in [0.4, 0.5) is 4.79 Å². The van der Waals surface area contributed by atoms with Crippen LogP contribution in [0.25, 0.3) is 0 Å². The molecule has 1 aromatic carbocycles. The zero-order valence-corrected chi connectivity index (χ0v) is 13.1.